The van der Waals surface area contributed by atoms with E-state index >= 15 is 0 Å². The van der Waals surface area contributed by atoms with E-state index in [0.717, 1.165) is 6.42 Å². The third-order valence-electron chi connectivity index (χ3n) is 5.61. The first kappa shape index (κ1) is 28.1. The monoisotopic (exact) mass is 556 g/mol. The lowest BCUT2D eigenvalue weighted by Crippen LogP contribution is -2.05. The highest BCUT2D eigenvalue weighted by atomic mass is 79.9. The molecule has 0 radical (unpaired) electrons. The fraction of sp³-hybridized carbons (Fsp3) is 0.615. The van der Waals surface area contributed by atoms with Gasteiger partial charge < -0.3 is 5.11 Å². The van der Waals surface area contributed by atoms with Gasteiger partial charge in [-0.1, -0.05) is 115 Å². The van der Waals surface area contributed by atoms with E-state index in [9.17, 15) is 9.59 Å². The molecular weight excluding hydrogens is 520 g/mol. The number of Topliss-reactive ketones (excluding diaryl/α,β-unsaturated/α-hetero) is 1. The third kappa shape index (κ3) is 12.6. The highest BCUT2D eigenvalue weighted by molar-refractivity contribution is 9.14. The second-order valence-electron chi connectivity index (χ2n) is 8.31. The molecule has 174 valence electrons. The Balaban J connectivity index is 2.10. The summed E-state index contributed by atoms with van der Waals surface area (Å²) in [5, 5.41) is 8.96. The van der Waals surface area contributed by atoms with Gasteiger partial charge in [-0.3, -0.25) is 4.79 Å². The summed E-state index contributed by atoms with van der Waals surface area (Å²) in [6.07, 6.45) is 20.0. The van der Waals surface area contributed by atoms with Crippen molar-refractivity contribution in [2.24, 2.45) is 0 Å². The van der Waals surface area contributed by atoms with E-state index in [1.807, 2.05) is 12.1 Å². The van der Waals surface area contributed by atoms with E-state index in [1.165, 1.54) is 95.5 Å². The molecule has 0 aliphatic rings. The summed E-state index contributed by atoms with van der Waals surface area (Å²) in [6, 6.07) is 7.46. The van der Waals surface area contributed by atoms with Gasteiger partial charge in [-0.2, -0.15) is 0 Å². The van der Waals surface area contributed by atoms with Gasteiger partial charge in [0, 0.05) is 5.56 Å². The SMILES string of the molecule is CCCCCCCCCCCCCCCCc1ccc(C(=O)/C(Br)=C(/Br)C(=O)O)cc1. The zero-order valence-corrected chi connectivity index (χ0v) is 22.1. The highest BCUT2D eigenvalue weighted by Gasteiger charge is 2.17. The summed E-state index contributed by atoms with van der Waals surface area (Å²) in [4.78, 5) is 23.3. The normalized spacial score (nSPS) is 12.0. The number of ketones is 1. The number of hydrogen-bond donors (Lipinski definition) is 1. The molecule has 0 aliphatic heterocycles. The fourth-order valence-corrected chi connectivity index (χ4v) is 4.25. The van der Waals surface area contributed by atoms with Crippen molar-refractivity contribution in [3.63, 3.8) is 0 Å². The Morgan fingerprint density at radius 3 is 1.52 bits per heavy atom. The highest BCUT2D eigenvalue weighted by Crippen LogP contribution is 2.23. The summed E-state index contributed by atoms with van der Waals surface area (Å²) in [6.45, 7) is 2.27. The van der Waals surface area contributed by atoms with Crippen LogP contribution >= 0.6 is 31.9 Å². The quantitative estimate of drug-likeness (QED) is 0.111. The molecule has 3 nitrogen and oxygen atoms in total. The molecule has 1 N–H and O–H groups in total. The maximum Gasteiger partial charge on any atom is 0.344 e. The number of carboxylic acid groups (broad SMARTS) is 1. The predicted octanol–water partition coefficient (Wildman–Crippen LogP) is 8.98. The van der Waals surface area contributed by atoms with Crippen molar-refractivity contribution in [3.05, 3.63) is 44.4 Å². The number of hydrogen-bond acceptors (Lipinski definition) is 2. The van der Waals surface area contributed by atoms with Crippen LogP contribution in [0.3, 0.4) is 0 Å². The molecule has 1 aromatic rings. The number of benzene rings is 1. The lowest BCUT2D eigenvalue weighted by atomic mass is 10.0. The van der Waals surface area contributed by atoms with Gasteiger partial charge in [0.1, 0.15) is 4.48 Å². The molecular formula is C26H38Br2O3. The van der Waals surface area contributed by atoms with Crippen molar-refractivity contribution in [1.29, 1.82) is 0 Å². The average Bonchev–Trinajstić information content (AvgIpc) is 2.78. The second kappa shape index (κ2) is 17.6. The lowest BCUT2D eigenvalue weighted by molar-refractivity contribution is -0.131. The summed E-state index contributed by atoms with van der Waals surface area (Å²) < 4.78 is -0.135. The van der Waals surface area contributed by atoms with Gasteiger partial charge in [0.2, 0.25) is 5.78 Å². The smallest absolute Gasteiger partial charge is 0.344 e. The molecule has 0 saturated carbocycles. The first-order chi connectivity index (χ1) is 15.0. The molecule has 0 heterocycles. The fourth-order valence-electron chi connectivity index (χ4n) is 3.67. The van der Waals surface area contributed by atoms with Crippen LogP contribution in [0.4, 0.5) is 0 Å². The zero-order valence-electron chi connectivity index (χ0n) is 18.9. The number of unbranched alkanes of at least 4 members (excludes halogenated alkanes) is 13. The minimum Gasteiger partial charge on any atom is -0.477 e. The predicted molar refractivity (Wildman–Crippen MR) is 137 cm³/mol. The minimum atomic E-state index is -1.17. The van der Waals surface area contributed by atoms with Crippen LogP contribution in [0.2, 0.25) is 0 Å². The van der Waals surface area contributed by atoms with E-state index in [4.69, 9.17) is 5.11 Å². The van der Waals surface area contributed by atoms with E-state index in [-0.39, 0.29) is 14.7 Å². The number of allylic oxidation sites excluding steroid dienone is 1. The van der Waals surface area contributed by atoms with Crippen LogP contribution in [-0.2, 0) is 11.2 Å². The van der Waals surface area contributed by atoms with Crippen molar-refractivity contribution in [2.45, 2.75) is 103 Å². The third-order valence-corrected chi connectivity index (χ3v) is 7.64. The van der Waals surface area contributed by atoms with Crippen LogP contribution in [-0.4, -0.2) is 16.9 Å². The minimum absolute atomic E-state index is 0.0275. The molecule has 0 aliphatic carbocycles. The Labute approximate surface area is 205 Å². The van der Waals surface area contributed by atoms with Crippen LogP contribution < -0.4 is 0 Å². The number of aryl methyl sites for hydroxylation is 1. The van der Waals surface area contributed by atoms with Gasteiger partial charge in [0.05, 0.1) is 4.48 Å². The largest absolute Gasteiger partial charge is 0.477 e. The van der Waals surface area contributed by atoms with Gasteiger partial charge in [0.15, 0.2) is 0 Å². The number of carboxylic acids is 1. The van der Waals surface area contributed by atoms with E-state index in [2.05, 4.69) is 38.8 Å². The summed E-state index contributed by atoms with van der Waals surface area (Å²) in [7, 11) is 0. The molecule has 0 bridgehead atoms. The summed E-state index contributed by atoms with van der Waals surface area (Å²) >= 11 is 5.99. The van der Waals surface area contributed by atoms with Gasteiger partial charge in [0.25, 0.3) is 0 Å². The first-order valence-electron chi connectivity index (χ1n) is 11.9. The summed E-state index contributed by atoms with van der Waals surface area (Å²) in [5.74, 6) is -1.51. The van der Waals surface area contributed by atoms with E-state index in [0.29, 0.717) is 5.56 Å². The molecule has 0 atom stereocenters. The van der Waals surface area contributed by atoms with Crippen LogP contribution in [0.1, 0.15) is 113 Å². The molecule has 1 aromatic carbocycles. The van der Waals surface area contributed by atoms with Crippen molar-refractivity contribution >= 4 is 43.6 Å². The zero-order chi connectivity index (χ0) is 22.9. The van der Waals surface area contributed by atoms with E-state index < -0.39 is 5.97 Å². The van der Waals surface area contributed by atoms with Crippen molar-refractivity contribution < 1.29 is 14.7 Å². The molecule has 1 rings (SSSR count). The van der Waals surface area contributed by atoms with Crippen LogP contribution in [0.15, 0.2) is 33.2 Å². The standard InChI is InChI=1S/C26H38Br2O3/c1-2-3-4-5-6-7-8-9-10-11-12-13-14-15-16-21-17-19-22(20-18-21)25(29)23(27)24(28)26(30)31/h17-20H,2-16H2,1H3,(H,30,31)/b24-23-. The number of aliphatic carboxylic acids is 1. The Morgan fingerprint density at radius 2 is 1.10 bits per heavy atom. The molecule has 0 saturated heterocycles. The maximum atomic E-state index is 12.3. The number of carbonyl (C=O) groups is 2. The Morgan fingerprint density at radius 1 is 0.677 bits per heavy atom. The van der Waals surface area contributed by atoms with Crippen molar-refractivity contribution in [2.75, 3.05) is 0 Å². The molecule has 0 spiro atoms. The van der Waals surface area contributed by atoms with E-state index in [1.54, 1.807) is 12.1 Å². The lowest BCUT2D eigenvalue weighted by Gasteiger charge is -2.05. The molecule has 0 amide bonds. The van der Waals surface area contributed by atoms with Crippen LogP contribution in [0, 0.1) is 0 Å². The molecule has 5 heteroatoms. The topological polar surface area (TPSA) is 54.4 Å². The number of halogens is 2. The second-order valence-corrected chi connectivity index (χ2v) is 9.89. The number of carbonyl (C=O) groups excluding carboxylic acids is 1. The maximum absolute atomic E-state index is 12.3. The molecule has 0 fully saturated rings. The van der Waals surface area contributed by atoms with Crippen molar-refractivity contribution in [1.82, 2.24) is 0 Å². The molecule has 0 unspecified atom stereocenters. The van der Waals surface area contributed by atoms with Crippen LogP contribution in [0.25, 0.3) is 0 Å². The Bertz CT molecular complexity index is 680. The Kier molecular flexibility index (Phi) is 15.9. The van der Waals surface area contributed by atoms with Crippen LogP contribution in [0.5, 0.6) is 0 Å². The molecule has 31 heavy (non-hydrogen) atoms. The first-order valence-corrected chi connectivity index (χ1v) is 13.5. The van der Waals surface area contributed by atoms with Gasteiger partial charge >= 0.3 is 5.97 Å². The average molecular weight is 558 g/mol. The van der Waals surface area contributed by atoms with Gasteiger partial charge in [-0.05, 0) is 50.3 Å². The summed E-state index contributed by atoms with van der Waals surface area (Å²) in [5.41, 5.74) is 1.70. The molecule has 0 aromatic heterocycles. The van der Waals surface area contributed by atoms with Gasteiger partial charge in [-0.15, -0.1) is 0 Å². The van der Waals surface area contributed by atoms with Gasteiger partial charge in [-0.25, -0.2) is 4.79 Å². The number of rotatable bonds is 18. The van der Waals surface area contributed by atoms with Crippen molar-refractivity contribution in [3.8, 4) is 0 Å². The Hall–Kier alpha value is -0.940.